The standard InChI is InChI=1S/C16H29N/c1-2-17-16(13-14-9-8-10-14)15-11-6-4-3-5-7-12-15/h11,14,16-17H,2-10,12-13H2,1H3. The van der Waals surface area contributed by atoms with Crippen LogP contribution in [0, 0.1) is 5.92 Å². The molecule has 0 aromatic heterocycles. The van der Waals surface area contributed by atoms with Gasteiger partial charge in [0, 0.05) is 6.04 Å². The van der Waals surface area contributed by atoms with Crippen molar-refractivity contribution in [3.8, 4) is 0 Å². The van der Waals surface area contributed by atoms with Crippen LogP contribution in [0.4, 0.5) is 0 Å². The van der Waals surface area contributed by atoms with Crippen molar-refractivity contribution < 1.29 is 0 Å². The van der Waals surface area contributed by atoms with Crippen LogP contribution in [0.5, 0.6) is 0 Å². The van der Waals surface area contributed by atoms with E-state index in [9.17, 15) is 0 Å². The van der Waals surface area contributed by atoms with Crippen LogP contribution >= 0.6 is 0 Å². The monoisotopic (exact) mass is 235 g/mol. The highest BCUT2D eigenvalue weighted by Gasteiger charge is 2.23. The molecule has 2 aliphatic rings. The molecule has 1 N–H and O–H groups in total. The molecule has 1 heteroatoms. The fourth-order valence-electron chi connectivity index (χ4n) is 3.21. The van der Waals surface area contributed by atoms with Crippen LogP contribution in [-0.4, -0.2) is 12.6 Å². The molecule has 1 unspecified atom stereocenters. The van der Waals surface area contributed by atoms with Crippen molar-refractivity contribution in [1.29, 1.82) is 0 Å². The van der Waals surface area contributed by atoms with E-state index in [4.69, 9.17) is 0 Å². The van der Waals surface area contributed by atoms with Gasteiger partial charge in [0.1, 0.15) is 0 Å². The third kappa shape index (κ3) is 4.13. The van der Waals surface area contributed by atoms with Crippen molar-refractivity contribution in [3.05, 3.63) is 11.6 Å². The molecule has 17 heavy (non-hydrogen) atoms. The van der Waals surface area contributed by atoms with E-state index in [1.54, 1.807) is 5.57 Å². The second-order valence-electron chi connectivity index (χ2n) is 5.87. The molecule has 1 fully saturated rings. The molecule has 2 aliphatic carbocycles. The first-order chi connectivity index (χ1) is 8.40. The predicted molar refractivity (Wildman–Crippen MR) is 75.2 cm³/mol. The topological polar surface area (TPSA) is 12.0 Å². The third-order valence-corrected chi connectivity index (χ3v) is 4.52. The summed E-state index contributed by atoms with van der Waals surface area (Å²) >= 11 is 0. The first-order valence-corrected chi connectivity index (χ1v) is 7.82. The maximum atomic E-state index is 3.73. The fraction of sp³-hybridized carbons (Fsp3) is 0.875. The highest BCUT2D eigenvalue weighted by Crippen LogP contribution is 2.33. The van der Waals surface area contributed by atoms with Crippen LogP contribution in [0.3, 0.4) is 0 Å². The lowest BCUT2D eigenvalue weighted by molar-refractivity contribution is 0.270. The van der Waals surface area contributed by atoms with Crippen molar-refractivity contribution in [1.82, 2.24) is 5.32 Å². The molecule has 2 rings (SSSR count). The van der Waals surface area contributed by atoms with Gasteiger partial charge in [-0.15, -0.1) is 0 Å². The smallest absolute Gasteiger partial charge is 0.0281 e. The summed E-state index contributed by atoms with van der Waals surface area (Å²) in [6.45, 7) is 3.37. The Labute approximate surface area is 107 Å². The Bertz CT molecular complexity index is 240. The molecule has 0 saturated heterocycles. The van der Waals surface area contributed by atoms with E-state index < -0.39 is 0 Å². The Kier molecular flexibility index (Phi) is 5.57. The molecule has 0 aliphatic heterocycles. The van der Waals surface area contributed by atoms with Gasteiger partial charge in [-0.3, -0.25) is 0 Å². The summed E-state index contributed by atoms with van der Waals surface area (Å²) in [4.78, 5) is 0. The molecule has 1 saturated carbocycles. The molecule has 98 valence electrons. The van der Waals surface area contributed by atoms with Gasteiger partial charge in [-0.05, 0) is 44.6 Å². The first kappa shape index (κ1) is 13.1. The molecule has 0 heterocycles. The van der Waals surface area contributed by atoms with Crippen LogP contribution in [0.25, 0.3) is 0 Å². The van der Waals surface area contributed by atoms with E-state index in [-0.39, 0.29) is 0 Å². The minimum absolute atomic E-state index is 0.698. The minimum Gasteiger partial charge on any atom is -0.311 e. The summed E-state index contributed by atoms with van der Waals surface area (Å²) in [6.07, 6.45) is 16.8. The van der Waals surface area contributed by atoms with Gasteiger partial charge < -0.3 is 5.32 Å². The van der Waals surface area contributed by atoms with Crippen LogP contribution in [0.2, 0.25) is 0 Å². The molecule has 0 amide bonds. The van der Waals surface area contributed by atoms with Gasteiger partial charge in [0.25, 0.3) is 0 Å². The number of hydrogen-bond donors (Lipinski definition) is 1. The number of likely N-dealkylation sites (N-methyl/N-ethyl adjacent to an activating group) is 1. The van der Waals surface area contributed by atoms with Crippen LogP contribution in [-0.2, 0) is 0 Å². The second-order valence-corrected chi connectivity index (χ2v) is 5.87. The molecule has 0 radical (unpaired) electrons. The summed E-state index contributed by atoms with van der Waals surface area (Å²) in [5.41, 5.74) is 1.73. The third-order valence-electron chi connectivity index (χ3n) is 4.52. The summed E-state index contributed by atoms with van der Waals surface area (Å²) in [7, 11) is 0. The number of allylic oxidation sites excluding steroid dienone is 1. The molecule has 1 nitrogen and oxygen atoms in total. The average molecular weight is 235 g/mol. The molecule has 0 aromatic rings. The SMILES string of the molecule is CCNC(CC1CCC1)C1=CCCCCCC1. The summed E-state index contributed by atoms with van der Waals surface area (Å²) in [5, 5.41) is 3.73. The number of hydrogen-bond acceptors (Lipinski definition) is 1. The van der Waals surface area contributed by atoms with E-state index in [1.165, 1.54) is 64.2 Å². The van der Waals surface area contributed by atoms with Crippen molar-refractivity contribution in [2.45, 2.75) is 77.2 Å². The molecule has 1 atom stereocenters. The highest BCUT2D eigenvalue weighted by atomic mass is 14.9. The van der Waals surface area contributed by atoms with Crippen molar-refractivity contribution >= 4 is 0 Å². The number of rotatable bonds is 5. The molecule has 0 aromatic carbocycles. The van der Waals surface area contributed by atoms with E-state index >= 15 is 0 Å². The largest absolute Gasteiger partial charge is 0.311 e. The molecular formula is C16H29N. The maximum absolute atomic E-state index is 3.73. The van der Waals surface area contributed by atoms with Gasteiger partial charge in [0.05, 0.1) is 0 Å². The average Bonchev–Trinajstić information content (AvgIpc) is 2.22. The molecule has 0 bridgehead atoms. The van der Waals surface area contributed by atoms with Gasteiger partial charge in [0.2, 0.25) is 0 Å². The van der Waals surface area contributed by atoms with Crippen LogP contribution < -0.4 is 5.32 Å². The number of nitrogens with one attached hydrogen (secondary N) is 1. The van der Waals surface area contributed by atoms with Gasteiger partial charge in [-0.25, -0.2) is 0 Å². The van der Waals surface area contributed by atoms with Crippen molar-refractivity contribution in [2.75, 3.05) is 6.54 Å². The van der Waals surface area contributed by atoms with E-state index in [1.807, 2.05) is 0 Å². The Morgan fingerprint density at radius 3 is 2.71 bits per heavy atom. The van der Waals surface area contributed by atoms with Crippen molar-refractivity contribution in [3.63, 3.8) is 0 Å². The van der Waals surface area contributed by atoms with Crippen LogP contribution in [0.1, 0.15) is 71.1 Å². The maximum Gasteiger partial charge on any atom is 0.0281 e. The lowest BCUT2D eigenvalue weighted by Crippen LogP contribution is -2.34. The van der Waals surface area contributed by atoms with Crippen molar-refractivity contribution in [2.24, 2.45) is 5.92 Å². The highest BCUT2D eigenvalue weighted by molar-refractivity contribution is 5.12. The Balaban J connectivity index is 1.91. The fourth-order valence-corrected chi connectivity index (χ4v) is 3.21. The van der Waals surface area contributed by atoms with E-state index in [0.717, 1.165) is 12.5 Å². The van der Waals surface area contributed by atoms with Gasteiger partial charge >= 0.3 is 0 Å². The van der Waals surface area contributed by atoms with Gasteiger partial charge in [-0.2, -0.15) is 0 Å². The Hall–Kier alpha value is -0.300. The predicted octanol–water partition coefficient (Wildman–Crippen LogP) is 4.44. The van der Waals surface area contributed by atoms with E-state index in [0.29, 0.717) is 6.04 Å². The first-order valence-electron chi connectivity index (χ1n) is 7.82. The van der Waals surface area contributed by atoms with Gasteiger partial charge in [-0.1, -0.05) is 50.7 Å². The lowest BCUT2D eigenvalue weighted by atomic mass is 9.78. The Morgan fingerprint density at radius 2 is 2.00 bits per heavy atom. The zero-order valence-corrected chi connectivity index (χ0v) is 11.5. The zero-order valence-electron chi connectivity index (χ0n) is 11.5. The van der Waals surface area contributed by atoms with E-state index in [2.05, 4.69) is 18.3 Å². The molecular weight excluding hydrogens is 206 g/mol. The Morgan fingerprint density at radius 1 is 1.18 bits per heavy atom. The van der Waals surface area contributed by atoms with Crippen LogP contribution in [0.15, 0.2) is 11.6 Å². The quantitative estimate of drug-likeness (QED) is 0.695. The summed E-state index contributed by atoms with van der Waals surface area (Å²) < 4.78 is 0. The zero-order chi connectivity index (χ0) is 11.9. The lowest BCUT2D eigenvalue weighted by Gasteiger charge is -2.32. The summed E-state index contributed by atoms with van der Waals surface area (Å²) in [6, 6.07) is 0.698. The molecule has 0 spiro atoms. The van der Waals surface area contributed by atoms with Gasteiger partial charge in [0.15, 0.2) is 0 Å². The minimum atomic E-state index is 0.698. The summed E-state index contributed by atoms with van der Waals surface area (Å²) in [5.74, 6) is 1.02. The second kappa shape index (κ2) is 7.20. The normalized spacial score (nSPS) is 24.4.